The van der Waals surface area contributed by atoms with Crippen LogP contribution >= 0.6 is 0 Å². The molecule has 0 aromatic carbocycles. The van der Waals surface area contributed by atoms with Crippen LogP contribution in [0.1, 0.15) is 59.8 Å². The number of aliphatic hydroxyl groups excluding tert-OH is 1. The van der Waals surface area contributed by atoms with Crippen molar-refractivity contribution < 1.29 is 15.0 Å². The van der Waals surface area contributed by atoms with Gasteiger partial charge in [-0.3, -0.25) is 4.79 Å². The quantitative estimate of drug-likeness (QED) is 0.820. The summed E-state index contributed by atoms with van der Waals surface area (Å²) < 4.78 is 0. The van der Waals surface area contributed by atoms with Gasteiger partial charge in [-0.2, -0.15) is 0 Å². The van der Waals surface area contributed by atoms with E-state index in [0.29, 0.717) is 12.3 Å². The van der Waals surface area contributed by atoms with Crippen LogP contribution in [0.2, 0.25) is 0 Å². The number of hydrogen-bond donors (Lipinski definition) is 2. The van der Waals surface area contributed by atoms with E-state index >= 15 is 0 Å². The smallest absolute Gasteiger partial charge is 0.181 e. The van der Waals surface area contributed by atoms with Gasteiger partial charge in [-0.1, -0.05) is 34.1 Å². The first-order valence-electron chi connectivity index (χ1n) is 8.99. The van der Waals surface area contributed by atoms with Crippen LogP contribution in [0.3, 0.4) is 0 Å². The van der Waals surface area contributed by atoms with Gasteiger partial charge in [0.25, 0.3) is 0 Å². The topological polar surface area (TPSA) is 57.5 Å². The zero-order chi connectivity index (χ0) is 17.0. The molecular weight excluding hydrogens is 288 g/mol. The minimum absolute atomic E-state index is 0.0535. The molecule has 0 heterocycles. The molecule has 2 N–H and O–H groups in total. The predicted octanol–water partition coefficient (Wildman–Crippen LogP) is 3.41. The molecule has 0 saturated heterocycles. The van der Waals surface area contributed by atoms with Crippen LogP contribution in [0.15, 0.2) is 23.3 Å². The van der Waals surface area contributed by atoms with Crippen LogP contribution in [-0.2, 0) is 4.79 Å². The molecule has 0 bridgehead atoms. The van der Waals surface area contributed by atoms with Gasteiger partial charge in [-0.25, -0.2) is 0 Å². The molecule has 4 atom stereocenters. The molecule has 3 aliphatic carbocycles. The van der Waals surface area contributed by atoms with Gasteiger partial charge in [0, 0.05) is 12.2 Å². The zero-order valence-electron chi connectivity index (χ0n) is 14.9. The Morgan fingerprint density at radius 1 is 1.26 bits per heavy atom. The number of rotatable bonds is 2. The fourth-order valence-electron chi connectivity index (χ4n) is 5.58. The monoisotopic (exact) mass is 318 g/mol. The largest absolute Gasteiger partial charge is 0.396 e. The fourth-order valence-corrected chi connectivity index (χ4v) is 5.58. The van der Waals surface area contributed by atoms with Crippen LogP contribution in [-0.4, -0.2) is 28.2 Å². The highest BCUT2D eigenvalue weighted by molar-refractivity contribution is 6.06. The summed E-state index contributed by atoms with van der Waals surface area (Å²) in [5.41, 5.74) is 0.346. The lowest BCUT2D eigenvalue weighted by molar-refractivity contribution is -0.114. The van der Waals surface area contributed by atoms with Crippen LogP contribution < -0.4 is 0 Å². The van der Waals surface area contributed by atoms with E-state index in [1.54, 1.807) is 6.08 Å². The van der Waals surface area contributed by atoms with Gasteiger partial charge in [0.1, 0.15) is 5.60 Å². The third kappa shape index (κ3) is 2.35. The van der Waals surface area contributed by atoms with Crippen LogP contribution in [0, 0.1) is 22.7 Å². The van der Waals surface area contributed by atoms with Crippen molar-refractivity contribution in [1.29, 1.82) is 0 Å². The highest BCUT2D eigenvalue weighted by Crippen LogP contribution is 2.62. The lowest BCUT2D eigenvalue weighted by Gasteiger charge is -2.59. The number of allylic oxidation sites excluding steroid dienone is 2. The molecule has 128 valence electrons. The normalized spacial score (nSPS) is 43.6. The Morgan fingerprint density at radius 2 is 1.96 bits per heavy atom. The molecule has 4 unspecified atom stereocenters. The number of carbonyl (C=O) groups excluding carboxylic acids is 1. The molecule has 0 aromatic rings. The molecule has 0 aliphatic heterocycles. The maximum atomic E-state index is 12.6. The van der Waals surface area contributed by atoms with Crippen molar-refractivity contribution in [3.05, 3.63) is 23.3 Å². The van der Waals surface area contributed by atoms with Gasteiger partial charge in [0.05, 0.1) is 0 Å². The summed E-state index contributed by atoms with van der Waals surface area (Å²) in [7, 11) is 0. The van der Waals surface area contributed by atoms with Crippen molar-refractivity contribution in [2.75, 3.05) is 6.61 Å². The Balaban J connectivity index is 2.07. The van der Waals surface area contributed by atoms with Gasteiger partial charge in [0.2, 0.25) is 0 Å². The Morgan fingerprint density at radius 3 is 2.57 bits per heavy atom. The second-order valence-corrected chi connectivity index (χ2v) is 8.78. The van der Waals surface area contributed by atoms with E-state index in [0.717, 1.165) is 36.8 Å². The first-order chi connectivity index (χ1) is 10.7. The minimum Gasteiger partial charge on any atom is -0.396 e. The summed E-state index contributed by atoms with van der Waals surface area (Å²) in [4.78, 5) is 12.6. The van der Waals surface area contributed by atoms with Crippen molar-refractivity contribution in [3.8, 4) is 0 Å². The third-order valence-electron chi connectivity index (χ3n) is 6.89. The maximum Gasteiger partial charge on any atom is 0.181 e. The molecule has 3 aliphatic rings. The second kappa shape index (κ2) is 5.29. The number of fused-ring (bicyclic) bond motifs is 3. The van der Waals surface area contributed by atoms with E-state index in [4.69, 9.17) is 0 Å². The Kier molecular flexibility index (Phi) is 3.89. The number of carbonyl (C=O) groups is 1. The molecule has 23 heavy (non-hydrogen) atoms. The van der Waals surface area contributed by atoms with Gasteiger partial charge in [0.15, 0.2) is 5.78 Å². The minimum atomic E-state index is -0.980. The molecule has 0 aromatic heterocycles. The zero-order valence-corrected chi connectivity index (χ0v) is 14.9. The average Bonchev–Trinajstić information content (AvgIpc) is 2.48. The van der Waals surface area contributed by atoms with E-state index in [-0.39, 0.29) is 29.1 Å². The lowest BCUT2D eigenvalue weighted by Crippen LogP contribution is -2.55. The SMILES string of the molecule is CC(C)C1=CC2(O)CCC3C(C)(CO)CCCC3(C)C2=CC1=O. The van der Waals surface area contributed by atoms with Crippen molar-refractivity contribution in [3.63, 3.8) is 0 Å². The van der Waals surface area contributed by atoms with Crippen molar-refractivity contribution in [2.45, 2.75) is 65.4 Å². The summed E-state index contributed by atoms with van der Waals surface area (Å²) in [6.45, 7) is 8.55. The first-order valence-corrected chi connectivity index (χ1v) is 8.99. The molecule has 3 rings (SSSR count). The average molecular weight is 318 g/mol. The van der Waals surface area contributed by atoms with Gasteiger partial charge < -0.3 is 10.2 Å². The molecule has 0 radical (unpaired) electrons. The molecule has 2 saturated carbocycles. The van der Waals surface area contributed by atoms with Gasteiger partial charge >= 0.3 is 0 Å². The predicted molar refractivity (Wildman–Crippen MR) is 90.8 cm³/mol. The number of hydrogen-bond acceptors (Lipinski definition) is 3. The van der Waals surface area contributed by atoms with E-state index in [9.17, 15) is 15.0 Å². The molecular formula is C20H30O3. The first kappa shape index (κ1) is 16.9. The number of ketones is 1. The van der Waals surface area contributed by atoms with Crippen LogP contribution in [0.5, 0.6) is 0 Å². The fraction of sp³-hybridized carbons (Fsp3) is 0.750. The standard InChI is InChI=1S/C20H30O3/c1-13(2)14-11-20(23)9-6-16-18(3,12-21)7-5-8-19(16,4)17(20)10-15(14)22/h10-11,13,16,21,23H,5-9,12H2,1-4H3. The lowest BCUT2D eigenvalue weighted by atomic mass is 9.46. The summed E-state index contributed by atoms with van der Waals surface area (Å²) in [6.07, 6.45) is 8.16. The maximum absolute atomic E-state index is 12.6. The van der Waals surface area contributed by atoms with E-state index < -0.39 is 5.60 Å². The van der Waals surface area contributed by atoms with E-state index in [2.05, 4.69) is 13.8 Å². The Hall–Kier alpha value is -0.930. The highest BCUT2D eigenvalue weighted by Gasteiger charge is 2.58. The van der Waals surface area contributed by atoms with E-state index in [1.807, 2.05) is 19.9 Å². The summed E-state index contributed by atoms with van der Waals surface area (Å²) >= 11 is 0. The van der Waals surface area contributed by atoms with Crippen molar-refractivity contribution >= 4 is 5.78 Å². The van der Waals surface area contributed by atoms with Crippen LogP contribution in [0.25, 0.3) is 0 Å². The molecule has 2 fully saturated rings. The van der Waals surface area contributed by atoms with Crippen molar-refractivity contribution in [1.82, 2.24) is 0 Å². The van der Waals surface area contributed by atoms with Gasteiger partial charge in [-0.15, -0.1) is 0 Å². The Labute approximate surface area is 139 Å². The van der Waals surface area contributed by atoms with Crippen LogP contribution in [0.4, 0.5) is 0 Å². The molecule has 3 heteroatoms. The third-order valence-corrected chi connectivity index (χ3v) is 6.89. The van der Waals surface area contributed by atoms with Crippen molar-refractivity contribution in [2.24, 2.45) is 22.7 Å². The summed E-state index contributed by atoms with van der Waals surface area (Å²) in [5.74, 6) is 0.504. The summed E-state index contributed by atoms with van der Waals surface area (Å²) in [5, 5.41) is 21.3. The molecule has 3 nitrogen and oxygen atoms in total. The second-order valence-electron chi connectivity index (χ2n) is 8.78. The molecule has 0 spiro atoms. The Bertz CT molecular complexity index is 588. The highest BCUT2D eigenvalue weighted by atomic mass is 16.3. The summed E-state index contributed by atoms with van der Waals surface area (Å²) in [6, 6.07) is 0. The van der Waals surface area contributed by atoms with E-state index in [1.165, 1.54) is 0 Å². The van der Waals surface area contributed by atoms with Gasteiger partial charge in [-0.05, 0) is 66.1 Å². The number of aliphatic hydroxyl groups is 2. The molecule has 0 amide bonds.